The number of hydrogen-bond donors (Lipinski definition) is 1. The van der Waals surface area contributed by atoms with Crippen LogP contribution in [-0.2, 0) is 27.5 Å². The highest BCUT2D eigenvalue weighted by molar-refractivity contribution is 8.30. The number of esters is 1. The Morgan fingerprint density at radius 3 is 2.66 bits per heavy atom. The number of hydrogen-bond acceptors (Lipinski definition) is 9. The van der Waals surface area contributed by atoms with E-state index in [2.05, 4.69) is 36.1 Å². The van der Waals surface area contributed by atoms with Crippen molar-refractivity contribution in [3.63, 3.8) is 0 Å². The summed E-state index contributed by atoms with van der Waals surface area (Å²) in [5.41, 5.74) is 5.00. The second-order valence-electron chi connectivity index (χ2n) is 11.2. The molecule has 2 atom stereocenters. The fourth-order valence-electron chi connectivity index (χ4n) is 6.42. The van der Waals surface area contributed by atoms with Gasteiger partial charge in [0.25, 0.3) is 11.5 Å². The molecular formula is C33H35N3O5S3. The van der Waals surface area contributed by atoms with Gasteiger partial charge in [0.05, 0.1) is 17.7 Å². The van der Waals surface area contributed by atoms with Gasteiger partial charge in [-0.2, -0.15) is 0 Å². The molecule has 3 aliphatic rings. The van der Waals surface area contributed by atoms with Gasteiger partial charge in [0.2, 0.25) is 0 Å². The summed E-state index contributed by atoms with van der Waals surface area (Å²) in [5, 5.41) is 9.50. The van der Waals surface area contributed by atoms with E-state index >= 15 is 0 Å². The molecule has 1 aromatic heterocycles. The summed E-state index contributed by atoms with van der Waals surface area (Å²) in [4.78, 5) is 44.1. The molecule has 2 aromatic carbocycles. The van der Waals surface area contributed by atoms with Crippen molar-refractivity contribution < 1.29 is 19.4 Å². The van der Waals surface area contributed by atoms with Gasteiger partial charge in [-0.15, -0.1) is 11.3 Å². The van der Waals surface area contributed by atoms with Crippen molar-refractivity contribution in [2.45, 2.75) is 71.1 Å². The molecule has 0 radical (unpaired) electrons. The predicted octanol–water partition coefficient (Wildman–Crippen LogP) is 4.35. The van der Waals surface area contributed by atoms with Crippen molar-refractivity contribution in [3.8, 4) is 0 Å². The first-order valence-electron chi connectivity index (χ1n) is 15.1. The Morgan fingerprint density at radius 2 is 1.93 bits per heavy atom. The molecule has 1 saturated carbocycles. The fourth-order valence-corrected chi connectivity index (χ4v) is 8.98. The number of aromatic nitrogens is 1. The van der Waals surface area contributed by atoms with Gasteiger partial charge >= 0.3 is 5.97 Å². The van der Waals surface area contributed by atoms with Gasteiger partial charge in [-0.25, -0.2) is 0 Å². The first-order chi connectivity index (χ1) is 21.3. The van der Waals surface area contributed by atoms with Crippen molar-refractivity contribution in [2.24, 2.45) is 0 Å². The standard InChI is InChI=1S/C33H35N3O5S3/c1-3-5-15-34-31(40)29(44-33(34)42)32-35(18-28(38)41-4-2)30(39)27(43-32)17-21-11-14-26-24(16-21)23-7-6-8-25(23)36(26)22-12-9-20(19-37)10-13-22/h9-14,16-17,23,25,37H,3-8,15,18-19H2,1-2H3. The highest BCUT2D eigenvalue weighted by atomic mass is 32.2. The maximum absolute atomic E-state index is 13.8. The molecule has 3 aromatic rings. The summed E-state index contributed by atoms with van der Waals surface area (Å²) in [7, 11) is 0. The van der Waals surface area contributed by atoms with E-state index in [-0.39, 0.29) is 31.2 Å². The van der Waals surface area contributed by atoms with E-state index in [9.17, 15) is 19.5 Å². The van der Waals surface area contributed by atoms with Crippen molar-refractivity contribution in [2.75, 3.05) is 18.1 Å². The summed E-state index contributed by atoms with van der Waals surface area (Å²) in [6.45, 7) is 4.24. The molecular weight excluding hydrogens is 615 g/mol. The zero-order valence-corrected chi connectivity index (χ0v) is 27.2. The Kier molecular flexibility index (Phi) is 9.09. The van der Waals surface area contributed by atoms with Crippen molar-refractivity contribution >= 4 is 73.9 Å². The van der Waals surface area contributed by atoms with E-state index < -0.39 is 5.97 Å². The Bertz CT molecular complexity index is 1800. The average molecular weight is 650 g/mol. The van der Waals surface area contributed by atoms with Crippen LogP contribution < -0.4 is 19.7 Å². The van der Waals surface area contributed by atoms with Gasteiger partial charge in [0.1, 0.15) is 20.4 Å². The maximum atomic E-state index is 13.8. The van der Waals surface area contributed by atoms with Crippen LogP contribution in [0.1, 0.15) is 68.6 Å². The number of rotatable bonds is 9. The zero-order valence-electron chi connectivity index (χ0n) is 24.8. The van der Waals surface area contributed by atoms with Crippen LogP contribution in [0.3, 0.4) is 0 Å². The van der Waals surface area contributed by atoms with Crippen molar-refractivity contribution in [1.29, 1.82) is 0 Å². The van der Waals surface area contributed by atoms with Crippen LogP contribution in [0.4, 0.5) is 11.4 Å². The second-order valence-corrected chi connectivity index (χ2v) is 13.9. The molecule has 0 spiro atoms. The van der Waals surface area contributed by atoms with Crippen LogP contribution in [0.15, 0.2) is 47.3 Å². The number of amides is 1. The number of fused-ring (bicyclic) bond motifs is 3. The van der Waals surface area contributed by atoms with E-state index in [1.54, 1.807) is 11.8 Å². The molecule has 1 saturated heterocycles. The van der Waals surface area contributed by atoms with Gasteiger partial charge in [-0.05, 0) is 73.2 Å². The minimum atomic E-state index is -0.529. The first kappa shape index (κ1) is 30.8. The van der Waals surface area contributed by atoms with E-state index in [0.29, 0.717) is 36.9 Å². The number of benzene rings is 2. The molecule has 1 aliphatic carbocycles. The first-order valence-corrected chi connectivity index (χ1v) is 17.2. The molecule has 3 heterocycles. The van der Waals surface area contributed by atoms with Gasteiger partial charge < -0.3 is 14.7 Å². The Morgan fingerprint density at radius 1 is 1.14 bits per heavy atom. The lowest BCUT2D eigenvalue weighted by molar-refractivity contribution is -0.143. The van der Waals surface area contributed by atoms with Crippen LogP contribution in [0.2, 0.25) is 0 Å². The topological polar surface area (TPSA) is 92.1 Å². The summed E-state index contributed by atoms with van der Waals surface area (Å²) in [5.74, 6) is -0.359. The monoisotopic (exact) mass is 649 g/mol. The number of thiocarbonyl (C=S) groups is 1. The summed E-state index contributed by atoms with van der Waals surface area (Å²) in [6.07, 6.45) is 6.97. The van der Waals surface area contributed by atoms with Crippen LogP contribution >= 0.6 is 35.3 Å². The molecule has 2 unspecified atom stereocenters. The smallest absolute Gasteiger partial charge is 0.326 e. The number of anilines is 2. The molecule has 2 aliphatic heterocycles. The number of aliphatic hydroxyl groups excluding tert-OH is 1. The van der Waals surface area contributed by atoms with E-state index in [1.165, 1.54) is 38.9 Å². The van der Waals surface area contributed by atoms with Gasteiger partial charge in [0.15, 0.2) is 0 Å². The van der Waals surface area contributed by atoms with Crippen molar-refractivity contribution in [1.82, 2.24) is 9.47 Å². The van der Waals surface area contributed by atoms with Gasteiger partial charge in [0, 0.05) is 29.9 Å². The third kappa shape index (κ3) is 5.66. The van der Waals surface area contributed by atoms with E-state index in [0.717, 1.165) is 48.9 Å². The molecule has 1 amide bonds. The fraction of sp³-hybridized carbons (Fsp3) is 0.394. The Balaban J connectivity index is 1.43. The molecule has 6 rings (SSSR count). The zero-order chi connectivity index (χ0) is 31.0. The lowest BCUT2D eigenvalue weighted by Crippen LogP contribution is -2.36. The van der Waals surface area contributed by atoms with Crippen molar-refractivity contribution in [3.05, 3.63) is 78.7 Å². The van der Waals surface area contributed by atoms with E-state index in [4.69, 9.17) is 17.0 Å². The number of aliphatic hydroxyl groups is 1. The maximum Gasteiger partial charge on any atom is 0.326 e. The largest absolute Gasteiger partial charge is 0.465 e. The Hall–Kier alpha value is -3.25. The number of nitrogens with zero attached hydrogens (tertiary/aromatic N) is 3. The predicted molar refractivity (Wildman–Crippen MR) is 180 cm³/mol. The molecule has 0 bridgehead atoms. The highest BCUT2D eigenvalue weighted by Crippen LogP contribution is 2.52. The van der Waals surface area contributed by atoms with Crippen LogP contribution in [-0.4, -0.2) is 50.0 Å². The second kappa shape index (κ2) is 13.0. The number of unbranched alkanes of at least 4 members (excludes halogenated alkanes) is 1. The van der Waals surface area contributed by atoms with Gasteiger partial charge in [-0.1, -0.05) is 61.9 Å². The third-order valence-corrected chi connectivity index (χ3v) is 11.2. The lowest BCUT2D eigenvalue weighted by atomic mass is 9.96. The third-order valence-electron chi connectivity index (χ3n) is 8.50. The molecule has 2 fully saturated rings. The molecule has 11 heteroatoms. The number of carbonyl (C=O) groups excluding carboxylic acids is 2. The average Bonchev–Trinajstić information content (AvgIpc) is 3.76. The van der Waals surface area contributed by atoms with Crippen LogP contribution in [0.25, 0.3) is 11.0 Å². The normalized spacial score (nSPS) is 20.9. The number of ether oxygens (including phenoxy) is 1. The van der Waals surface area contributed by atoms with Gasteiger partial charge in [-0.3, -0.25) is 23.9 Å². The Labute approximate surface area is 269 Å². The van der Waals surface area contributed by atoms with Crippen LogP contribution in [0.5, 0.6) is 0 Å². The molecule has 8 nitrogen and oxygen atoms in total. The molecule has 230 valence electrons. The molecule has 1 N–H and O–H groups in total. The lowest BCUT2D eigenvalue weighted by Gasteiger charge is -2.27. The summed E-state index contributed by atoms with van der Waals surface area (Å²) in [6, 6.07) is 14.8. The minimum absolute atomic E-state index is 0.0178. The molecule has 44 heavy (non-hydrogen) atoms. The number of thiazole rings is 1. The number of carbonyl (C=O) groups is 2. The number of thioether (sulfide) groups is 1. The minimum Gasteiger partial charge on any atom is -0.465 e. The highest BCUT2D eigenvalue weighted by Gasteiger charge is 2.42. The quantitative estimate of drug-likeness (QED) is 0.270. The summed E-state index contributed by atoms with van der Waals surface area (Å²) >= 11 is 7.92. The van der Waals surface area contributed by atoms with E-state index in [1.807, 2.05) is 24.3 Å². The SMILES string of the molecule is CCCCN1C(=O)C(=c2sc(=Cc3ccc4c(c3)C3CCCC3N4c3ccc(CO)cc3)c(=O)n2CC(=O)OCC)SC1=S. The van der Waals surface area contributed by atoms with Crippen LogP contribution in [0, 0.1) is 0 Å². The summed E-state index contributed by atoms with van der Waals surface area (Å²) < 4.78 is 7.86.